The second-order valence-corrected chi connectivity index (χ2v) is 2.68. The molecule has 4 heteroatoms. The molecule has 0 saturated heterocycles. The Hall–Kier alpha value is -1.19. The zero-order valence-electron chi connectivity index (χ0n) is 6.00. The Labute approximate surface area is 63.7 Å². The molecule has 1 fully saturated rings. The highest BCUT2D eigenvalue weighted by atomic mass is 16.2. The average molecular weight is 155 g/mol. The maximum atomic E-state index is 10.9. The van der Waals surface area contributed by atoms with E-state index in [-0.39, 0.29) is 18.0 Å². The molecule has 0 spiro atoms. The molecule has 1 aliphatic carbocycles. The number of hydrogen-bond acceptors (Lipinski definition) is 3. The molecule has 0 aromatic carbocycles. The zero-order valence-corrected chi connectivity index (χ0v) is 6.00. The van der Waals surface area contributed by atoms with Gasteiger partial charge in [-0.15, -0.1) is 0 Å². The van der Waals surface area contributed by atoms with Gasteiger partial charge < -0.3 is 5.73 Å². The predicted molar refractivity (Wildman–Crippen MR) is 36.5 cm³/mol. The fraction of sp³-hybridized carbons (Fsp3) is 0.571. The van der Waals surface area contributed by atoms with E-state index in [2.05, 4.69) is 0 Å². The molecule has 0 radical (unpaired) electrons. The Morgan fingerprint density at radius 3 is 2.55 bits per heavy atom. The van der Waals surface area contributed by atoms with Crippen LogP contribution in [0.5, 0.6) is 0 Å². The number of Topliss-reactive ketones (excluding diaryl/α,β-unsaturated/α-hetero) is 2. The highest BCUT2D eigenvalue weighted by molar-refractivity contribution is 6.10. The number of amides is 1. The number of primary amides is 1. The second kappa shape index (κ2) is 2.82. The van der Waals surface area contributed by atoms with Gasteiger partial charge in [0.15, 0.2) is 5.78 Å². The molecule has 1 atom stereocenters. The molecule has 1 unspecified atom stereocenters. The van der Waals surface area contributed by atoms with Crippen molar-refractivity contribution in [3.8, 4) is 0 Å². The summed E-state index contributed by atoms with van der Waals surface area (Å²) in [5, 5.41) is 0. The van der Waals surface area contributed by atoms with Crippen molar-refractivity contribution in [3.63, 3.8) is 0 Å². The number of rotatable bonds is 1. The summed E-state index contributed by atoms with van der Waals surface area (Å²) in [6.45, 7) is 0. The molecular formula is C7H9NO3. The predicted octanol–water partition coefficient (Wildman–Crippen LogP) is -0.590. The molecule has 1 aliphatic rings. The molecule has 0 bridgehead atoms. The summed E-state index contributed by atoms with van der Waals surface area (Å²) in [5.41, 5.74) is 4.93. The summed E-state index contributed by atoms with van der Waals surface area (Å²) in [7, 11) is 0. The van der Waals surface area contributed by atoms with Gasteiger partial charge in [-0.1, -0.05) is 0 Å². The van der Waals surface area contributed by atoms with E-state index in [0.717, 1.165) is 0 Å². The Morgan fingerprint density at radius 2 is 2.09 bits per heavy atom. The monoisotopic (exact) mass is 155 g/mol. The van der Waals surface area contributed by atoms with Crippen molar-refractivity contribution in [1.82, 2.24) is 0 Å². The summed E-state index contributed by atoms with van der Waals surface area (Å²) in [6, 6.07) is 0. The van der Waals surface area contributed by atoms with Crippen molar-refractivity contribution in [3.05, 3.63) is 0 Å². The first-order chi connectivity index (χ1) is 5.11. The molecule has 0 aliphatic heterocycles. The molecule has 0 aromatic rings. The summed E-state index contributed by atoms with van der Waals surface area (Å²) in [4.78, 5) is 32.2. The third-order valence-electron chi connectivity index (χ3n) is 1.82. The standard InChI is InChI=1S/C7H9NO3/c8-7(11)5-2-1-4(9)3-6(5)10/h5H,1-3H2,(H2,8,11). The van der Waals surface area contributed by atoms with Crippen LogP contribution in [0.15, 0.2) is 0 Å². The van der Waals surface area contributed by atoms with Crippen LogP contribution in [0.3, 0.4) is 0 Å². The number of nitrogens with two attached hydrogens (primary N) is 1. The lowest BCUT2D eigenvalue weighted by atomic mass is 9.87. The highest BCUT2D eigenvalue weighted by Gasteiger charge is 2.30. The van der Waals surface area contributed by atoms with Crippen molar-refractivity contribution >= 4 is 17.5 Å². The summed E-state index contributed by atoms with van der Waals surface area (Å²) in [6.07, 6.45) is 0.486. The number of carbonyl (C=O) groups excluding carboxylic acids is 3. The summed E-state index contributed by atoms with van der Waals surface area (Å²) in [5.74, 6) is -1.74. The Kier molecular flexibility index (Phi) is 2.03. The quantitative estimate of drug-likeness (QED) is 0.514. The van der Waals surface area contributed by atoms with Crippen molar-refractivity contribution in [1.29, 1.82) is 0 Å². The van der Waals surface area contributed by atoms with Gasteiger partial charge in [-0.05, 0) is 6.42 Å². The van der Waals surface area contributed by atoms with Crippen molar-refractivity contribution < 1.29 is 14.4 Å². The van der Waals surface area contributed by atoms with E-state index in [0.29, 0.717) is 12.8 Å². The molecule has 2 N–H and O–H groups in total. The largest absolute Gasteiger partial charge is 0.369 e. The highest BCUT2D eigenvalue weighted by Crippen LogP contribution is 2.17. The molecule has 1 rings (SSSR count). The van der Waals surface area contributed by atoms with E-state index < -0.39 is 11.8 Å². The van der Waals surface area contributed by atoms with Crippen LogP contribution in [0.4, 0.5) is 0 Å². The van der Waals surface area contributed by atoms with E-state index in [9.17, 15) is 14.4 Å². The van der Waals surface area contributed by atoms with Crippen LogP contribution < -0.4 is 5.73 Å². The van der Waals surface area contributed by atoms with Gasteiger partial charge in [-0.25, -0.2) is 0 Å². The van der Waals surface area contributed by atoms with Crippen LogP contribution in [0.1, 0.15) is 19.3 Å². The SMILES string of the molecule is NC(=O)C1CCC(=O)CC1=O. The van der Waals surface area contributed by atoms with E-state index in [1.807, 2.05) is 0 Å². The summed E-state index contributed by atoms with van der Waals surface area (Å²) < 4.78 is 0. The Balaban J connectivity index is 2.65. The van der Waals surface area contributed by atoms with Gasteiger partial charge in [0.25, 0.3) is 0 Å². The van der Waals surface area contributed by atoms with Crippen LogP contribution in [-0.2, 0) is 14.4 Å². The molecule has 1 amide bonds. The van der Waals surface area contributed by atoms with Gasteiger partial charge in [0, 0.05) is 6.42 Å². The number of hydrogen-bond donors (Lipinski definition) is 1. The fourth-order valence-corrected chi connectivity index (χ4v) is 1.17. The fourth-order valence-electron chi connectivity index (χ4n) is 1.17. The lowest BCUT2D eigenvalue weighted by Crippen LogP contribution is -2.35. The molecule has 0 heterocycles. The van der Waals surface area contributed by atoms with E-state index in [1.54, 1.807) is 0 Å². The lowest BCUT2D eigenvalue weighted by Gasteiger charge is -2.15. The van der Waals surface area contributed by atoms with E-state index in [1.165, 1.54) is 0 Å². The van der Waals surface area contributed by atoms with Gasteiger partial charge in [-0.2, -0.15) is 0 Å². The smallest absolute Gasteiger partial charge is 0.228 e. The van der Waals surface area contributed by atoms with Crippen molar-refractivity contribution in [2.75, 3.05) is 0 Å². The number of ketones is 2. The topological polar surface area (TPSA) is 77.2 Å². The first-order valence-corrected chi connectivity index (χ1v) is 3.45. The van der Waals surface area contributed by atoms with Crippen molar-refractivity contribution in [2.24, 2.45) is 11.7 Å². The zero-order chi connectivity index (χ0) is 8.43. The molecular weight excluding hydrogens is 146 g/mol. The Bertz CT molecular complexity index is 222. The minimum absolute atomic E-state index is 0.0903. The molecule has 4 nitrogen and oxygen atoms in total. The van der Waals surface area contributed by atoms with Crippen LogP contribution >= 0.6 is 0 Å². The summed E-state index contributed by atoms with van der Waals surface area (Å²) >= 11 is 0. The second-order valence-electron chi connectivity index (χ2n) is 2.68. The molecule has 0 aromatic heterocycles. The Morgan fingerprint density at radius 1 is 1.45 bits per heavy atom. The minimum atomic E-state index is -0.715. The minimum Gasteiger partial charge on any atom is -0.369 e. The van der Waals surface area contributed by atoms with Gasteiger partial charge in [0.05, 0.1) is 12.3 Å². The van der Waals surface area contributed by atoms with Crippen LogP contribution in [0.2, 0.25) is 0 Å². The number of carbonyl (C=O) groups is 3. The molecule has 1 saturated carbocycles. The van der Waals surface area contributed by atoms with Crippen LogP contribution in [-0.4, -0.2) is 17.5 Å². The van der Waals surface area contributed by atoms with E-state index in [4.69, 9.17) is 5.73 Å². The average Bonchev–Trinajstić information content (AvgIpc) is 1.85. The van der Waals surface area contributed by atoms with Crippen LogP contribution in [0, 0.1) is 5.92 Å². The van der Waals surface area contributed by atoms with Crippen molar-refractivity contribution in [2.45, 2.75) is 19.3 Å². The first-order valence-electron chi connectivity index (χ1n) is 3.45. The first kappa shape index (κ1) is 7.91. The third kappa shape index (κ3) is 1.63. The van der Waals surface area contributed by atoms with Gasteiger partial charge in [0.1, 0.15) is 5.78 Å². The van der Waals surface area contributed by atoms with E-state index >= 15 is 0 Å². The molecule has 11 heavy (non-hydrogen) atoms. The lowest BCUT2D eigenvalue weighted by molar-refractivity contribution is -0.137. The van der Waals surface area contributed by atoms with Gasteiger partial charge in [0.2, 0.25) is 5.91 Å². The van der Waals surface area contributed by atoms with Gasteiger partial charge in [-0.3, -0.25) is 14.4 Å². The van der Waals surface area contributed by atoms with Crippen LogP contribution in [0.25, 0.3) is 0 Å². The normalized spacial score (nSPS) is 25.3. The molecule has 60 valence electrons. The third-order valence-corrected chi connectivity index (χ3v) is 1.82. The maximum absolute atomic E-state index is 10.9. The van der Waals surface area contributed by atoms with Gasteiger partial charge >= 0.3 is 0 Å². The maximum Gasteiger partial charge on any atom is 0.228 e.